The number of ether oxygens (including phenoxy) is 2. The summed E-state index contributed by atoms with van der Waals surface area (Å²) in [7, 11) is 3.88. The highest BCUT2D eigenvalue weighted by Gasteiger charge is 2.42. The molecular formula is C46H71N9O5S5. The highest BCUT2D eigenvalue weighted by molar-refractivity contribution is 7.60. The number of methoxy groups -OCH3 is 1. The highest BCUT2D eigenvalue weighted by atomic mass is 32.1. The van der Waals surface area contributed by atoms with Crippen molar-refractivity contribution in [2.75, 3.05) is 64.1 Å². The molecule has 0 spiro atoms. The van der Waals surface area contributed by atoms with Crippen LogP contribution in [0.2, 0.25) is 0 Å². The second-order valence-corrected chi connectivity index (χ2v) is 18.2. The van der Waals surface area contributed by atoms with E-state index in [-0.39, 0.29) is 110 Å². The van der Waals surface area contributed by atoms with Gasteiger partial charge in [-0.3, -0.25) is 29.4 Å². The largest absolute Gasteiger partial charge is 0.464 e. The molecule has 2 amide bonds. The molecule has 0 unspecified atom stereocenters. The van der Waals surface area contributed by atoms with Crippen LogP contribution in [0.1, 0.15) is 76.9 Å². The van der Waals surface area contributed by atoms with Crippen LogP contribution >= 0.6 is 67.5 Å². The summed E-state index contributed by atoms with van der Waals surface area (Å²) in [4.78, 5) is 56.4. The van der Waals surface area contributed by atoms with E-state index >= 15 is 0 Å². The number of hydrazine groups is 1. The molecule has 3 aliphatic heterocycles. The number of cyclic esters (lactones) is 1. The van der Waals surface area contributed by atoms with Crippen molar-refractivity contribution in [1.29, 1.82) is 0 Å². The van der Waals surface area contributed by atoms with Crippen molar-refractivity contribution in [1.82, 2.24) is 35.2 Å². The molecule has 3 fully saturated rings. The van der Waals surface area contributed by atoms with Crippen LogP contribution in [0.25, 0.3) is 33.4 Å². The topological polar surface area (TPSA) is 160 Å². The van der Waals surface area contributed by atoms with Crippen molar-refractivity contribution in [3.63, 3.8) is 0 Å². The zero-order valence-electron chi connectivity index (χ0n) is 38.7. The lowest BCUT2D eigenvalue weighted by Crippen LogP contribution is -2.60. The number of rotatable bonds is 7. The Kier molecular flexibility index (Phi) is 19.9. The van der Waals surface area contributed by atoms with Gasteiger partial charge in [0.2, 0.25) is 5.91 Å². The quantitative estimate of drug-likeness (QED) is 0.195. The molecule has 1 saturated carbocycles. The average molecular weight is 990 g/mol. The predicted octanol–water partition coefficient (Wildman–Crippen LogP) is 5.70. The van der Waals surface area contributed by atoms with Gasteiger partial charge in [-0.2, -0.15) is 67.5 Å². The molecule has 0 radical (unpaired) electrons. The Morgan fingerprint density at radius 3 is 2.42 bits per heavy atom. The van der Waals surface area contributed by atoms with Crippen LogP contribution in [-0.4, -0.2) is 108 Å². The molecule has 1 aromatic carbocycles. The zero-order valence-corrected chi connectivity index (χ0v) is 43.7. The number of hydrogen-bond donors (Lipinski definition) is 3. The number of pyridine rings is 2. The number of nitrogens with two attached hydrogens (primary N) is 1. The van der Waals surface area contributed by atoms with E-state index in [0.29, 0.717) is 49.4 Å². The molecule has 19 heteroatoms. The van der Waals surface area contributed by atoms with E-state index < -0.39 is 23.5 Å². The maximum absolute atomic E-state index is 14.2. The van der Waals surface area contributed by atoms with Crippen LogP contribution < -0.4 is 21.4 Å². The summed E-state index contributed by atoms with van der Waals surface area (Å²) in [5.41, 5.74) is 18.1. The number of carbonyl (C=O) groups is 3. The number of amides is 2. The van der Waals surface area contributed by atoms with Crippen LogP contribution in [0.15, 0.2) is 42.6 Å². The van der Waals surface area contributed by atoms with Crippen LogP contribution in [0.3, 0.4) is 0 Å². The molecule has 6 bridgehead atoms. The van der Waals surface area contributed by atoms with Gasteiger partial charge in [0.05, 0.1) is 41.7 Å². The second kappa shape index (κ2) is 23.1. The van der Waals surface area contributed by atoms with Gasteiger partial charge in [0.15, 0.2) is 0 Å². The van der Waals surface area contributed by atoms with Gasteiger partial charge in [-0.05, 0) is 88.4 Å². The molecule has 2 saturated heterocycles. The van der Waals surface area contributed by atoms with Gasteiger partial charge >= 0.3 is 5.97 Å². The Labute approximate surface area is 419 Å². The molecular weight excluding hydrogens is 919 g/mol. The summed E-state index contributed by atoms with van der Waals surface area (Å²) in [6, 6.07) is 10.7. The van der Waals surface area contributed by atoms with Gasteiger partial charge in [-0.1, -0.05) is 26.8 Å². The fourth-order valence-electron chi connectivity index (χ4n) is 9.16. The second-order valence-electron chi connectivity index (χ2n) is 18.2. The SMILES string of the molecule is CCn1c(-c2cc(N3CCN(C)CC3)cnc2[C@H](C)OC)c2c3cc(ccc31)-c1cc(N)cc(n1)C[C@H](NC(=O)[C@H]1C[C@@H]1C)C(=O)N1CCC[C@H](N1)C(=O)OCC(C)(C)C2.S.S.S.S.S. The van der Waals surface area contributed by atoms with Crippen LogP contribution in [0.4, 0.5) is 11.4 Å². The minimum absolute atomic E-state index is 0. The smallest absolute Gasteiger partial charge is 0.324 e. The number of hydrogen-bond acceptors (Lipinski definition) is 11. The number of likely N-dealkylation sites (N-methyl/N-ethyl adjacent to an activating group) is 1. The summed E-state index contributed by atoms with van der Waals surface area (Å²) in [5.74, 6) is -0.744. The molecule has 3 aromatic heterocycles. The summed E-state index contributed by atoms with van der Waals surface area (Å²) in [6.45, 7) is 15.5. The number of anilines is 2. The van der Waals surface area contributed by atoms with Crippen molar-refractivity contribution < 1.29 is 23.9 Å². The highest BCUT2D eigenvalue weighted by Crippen LogP contribution is 2.43. The number of nitrogen functional groups attached to an aromatic ring is 1. The lowest BCUT2D eigenvalue weighted by atomic mass is 9.84. The molecule has 1 aliphatic carbocycles. The van der Waals surface area contributed by atoms with E-state index in [1.54, 1.807) is 13.2 Å². The Morgan fingerprint density at radius 1 is 1.05 bits per heavy atom. The first-order valence-corrected chi connectivity index (χ1v) is 21.7. The average Bonchev–Trinajstić information content (AvgIpc) is 3.91. The third-order valence-electron chi connectivity index (χ3n) is 12.9. The molecule has 6 heterocycles. The minimum atomic E-state index is -0.915. The number of fused-ring (bicyclic) bond motifs is 6. The van der Waals surface area contributed by atoms with Gasteiger partial charge in [0.1, 0.15) is 12.1 Å². The lowest BCUT2D eigenvalue weighted by molar-refractivity contribution is -0.155. The molecule has 360 valence electrons. The molecule has 14 nitrogen and oxygen atoms in total. The van der Waals surface area contributed by atoms with Gasteiger partial charge < -0.3 is 34.9 Å². The van der Waals surface area contributed by atoms with Crippen molar-refractivity contribution in [2.24, 2.45) is 17.3 Å². The number of nitrogens with one attached hydrogen (secondary N) is 2. The van der Waals surface area contributed by atoms with Crippen molar-refractivity contribution >= 4 is 108 Å². The van der Waals surface area contributed by atoms with E-state index in [2.05, 4.69) is 77.2 Å². The summed E-state index contributed by atoms with van der Waals surface area (Å²) < 4.78 is 14.5. The van der Waals surface area contributed by atoms with Crippen molar-refractivity contribution in [2.45, 2.75) is 91.5 Å². The normalized spacial score (nSPS) is 22.3. The molecule has 4 aliphatic rings. The predicted molar refractivity (Wildman–Crippen MR) is 285 cm³/mol. The third kappa shape index (κ3) is 12.1. The maximum atomic E-state index is 14.2. The lowest BCUT2D eigenvalue weighted by Gasteiger charge is -2.35. The first-order valence-electron chi connectivity index (χ1n) is 21.7. The number of piperazine rings is 1. The van der Waals surface area contributed by atoms with E-state index in [0.717, 1.165) is 77.3 Å². The van der Waals surface area contributed by atoms with Crippen LogP contribution in [0, 0.1) is 17.3 Å². The molecule has 65 heavy (non-hydrogen) atoms. The molecule has 4 aromatic rings. The van der Waals surface area contributed by atoms with Gasteiger partial charge in [-0.15, -0.1) is 0 Å². The third-order valence-corrected chi connectivity index (χ3v) is 12.9. The Hall–Kier alpha value is -3.30. The Bertz CT molecular complexity index is 2310. The fourth-order valence-corrected chi connectivity index (χ4v) is 9.16. The van der Waals surface area contributed by atoms with E-state index in [9.17, 15) is 14.4 Å². The van der Waals surface area contributed by atoms with E-state index in [1.807, 2.05) is 26.1 Å². The van der Waals surface area contributed by atoms with Gasteiger partial charge in [-0.25, -0.2) is 5.43 Å². The van der Waals surface area contributed by atoms with Gasteiger partial charge in [0, 0.05) is 97.5 Å². The summed E-state index contributed by atoms with van der Waals surface area (Å²) in [6.07, 6.45) is 4.34. The number of aryl methyl sites for hydroxylation is 1. The first-order chi connectivity index (χ1) is 28.7. The number of benzene rings is 1. The Balaban J connectivity index is 0.00000224. The maximum Gasteiger partial charge on any atom is 0.324 e. The standard InChI is InChI=1S/C46H61N9O5.5H2S/c1-8-54-40-12-11-29-19-34(40)36(42(54)35-23-32(25-48-41(35)28(3)59-7)53-16-14-52(6)15-17-53)24-46(4,5)26-60-45(58)37-10-9-13-55(51-37)44(57)39(50-43(56)33-18-27(33)2)22-31-20-30(47)21-38(29)49-31;;;;;/h11-12,19-21,23,25,27-28,33,37,39,51H,8-10,13-18,22,24,26H2,1-7H3,(H2,47,49)(H,50,56);5*1H2/t27-,28-,33-,37-,39-;;;;;/m0...../s1. The van der Waals surface area contributed by atoms with Crippen LogP contribution in [0.5, 0.6) is 0 Å². The van der Waals surface area contributed by atoms with Crippen molar-refractivity contribution in [3.05, 3.63) is 59.5 Å². The van der Waals surface area contributed by atoms with Crippen LogP contribution in [-0.2, 0) is 43.2 Å². The molecule has 4 N–H and O–H groups in total. The number of nitrogens with zero attached hydrogens (tertiary/aromatic N) is 6. The number of carbonyl (C=O) groups excluding carboxylic acids is 3. The monoisotopic (exact) mass is 989 g/mol. The van der Waals surface area contributed by atoms with Gasteiger partial charge in [0.25, 0.3) is 5.91 Å². The van der Waals surface area contributed by atoms with E-state index in [4.69, 9.17) is 25.2 Å². The first kappa shape index (κ1) is 56.0. The van der Waals surface area contributed by atoms with E-state index in [1.165, 1.54) is 5.01 Å². The molecule has 8 rings (SSSR count). The number of esters is 1. The molecule has 5 atom stereocenters. The summed E-state index contributed by atoms with van der Waals surface area (Å²) in [5, 5.41) is 5.57. The summed E-state index contributed by atoms with van der Waals surface area (Å²) >= 11 is 0. The minimum Gasteiger partial charge on any atom is -0.464 e. The fraction of sp³-hybridized carbons (Fsp3) is 0.543. The Morgan fingerprint density at radius 2 is 1.75 bits per heavy atom. The van der Waals surface area contributed by atoms with Crippen molar-refractivity contribution in [3.8, 4) is 22.5 Å². The number of aromatic nitrogens is 3. The zero-order chi connectivity index (χ0) is 42.5.